The lowest BCUT2D eigenvalue weighted by molar-refractivity contribution is -0.130. The first-order valence-corrected chi connectivity index (χ1v) is 13.9. The van der Waals surface area contributed by atoms with Crippen LogP contribution in [0.2, 0.25) is 0 Å². The van der Waals surface area contributed by atoms with Crippen LogP contribution in [0.5, 0.6) is 0 Å². The van der Waals surface area contributed by atoms with Crippen molar-refractivity contribution in [2.75, 3.05) is 6.54 Å². The largest absolute Gasteiger partial charge is 0.390 e. The zero-order chi connectivity index (χ0) is 26.5. The van der Waals surface area contributed by atoms with Crippen LogP contribution in [0.4, 0.5) is 0 Å². The summed E-state index contributed by atoms with van der Waals surface area (Å²) in [6.07, 6.45) is 7.40. The monoisotopic (exact) mass is 500 g/mol. The molecule has 3 rings (SSSR count). The van der Waals surface area contributed by atoms with Crippen molar-refractivity contribution in [3.8, 4) is 0 Å². The van der Waals surface area contributed by atoms with Crippen LogP contribution < -0.4 is 11.1 Å². The molecule has 0 bridgehead atoms. The normalized spacial score (nSPS) is 17.8. The lowest BCUT2D eigenvalue weighted by Gasteiger charge is -2.31. The molecular formula is C29H48N4O3. The number of carbonyl (C=O) groups excluding carboxylic acids is 1. The number of hydrogen-bond acceptors (Lipinski definition) is 5. The van der Waals surface area contributed by atoms with Gasteiger partial charge in [0.15, 0.2) is 0 Å². The van der Waals surface area contributed by atoms with Gasteiger partial charge >= 0.3 is 0 Å². The van der Waals surface area contributed by atoms with Crippen molar-refractivity contribution in [3.05, 3.63) is 30.0 Å². The van der Waals surface area contributed by atoms with E-state index in [1.165, 1.54) is 12.8 Å². The Balaban J connectivity index is 1.62. The summed E-state index contributed by atoms with van der Waals surface area (Å²) >= 11 is 0. The van der Waals surface area contributed by atoms with Gasteiger partial charge in [0, 0.05) is 29.9 Å². The number of fused-ring (bicyclic) bond motifs is 1. The van der Waals surface area contributed by atoms with Gasteiger partial charge in [-0.3, -0.25) is 9.48 Å². The Morgan fingerprint density at radius 1 is 1.28 bits per heavy atom. The van der Waals surface area contributed by atoms with Crippen LogP contribution in [0.25, 0.3) is 10.9 Å². The standard InChI is InChI=1S/C29H48N4O3/c1-6-7-13-29(4,5)28(36)31-18-26(34)24(30)16-23(19(2)3)27(35)21-10-11-22-17-32-33(25(22)15-21)14-12-20-8-9-20/h10-11,15,17,19-20,23-24,26-27,34-35H,6-9,12-14,16,18,30H2,1-5H3,(H,31,36)/t23-,24-,26-,27+/m0/s1. The van der Waals surface area contributed by atoms with Gasteiger partial charge in [0.2, 0.25) is 5.91 Å². The first-order valence-electron chi connectivity index (χ1n) is 13.9. The predicted octanol–water partition coefficient (Wildman–Crippen LogP) is 4.55. The molecule has 36 heavy (non-hydrogen) atoms. The third kappa shape index (κ3) is 7.53. The number of aliphatic hydroxyl groups excluding tert-OH is 2. The summed E-state index contributed by atoms with van der Waals surface area (Å²) in [6.45, 7) is 11.1. The Hall–Kier alpha value is -1.96. The van der Waals surface area contributed by atoms with Crippen LogP contribution in [-0.4, -0.2) is 44.6 Å². The second-order valence-electron chi connectivity index (χ2n) is 11.9. The quantitative estimate of drug-likeness (QED) is 0.286. The highest BCUT2D eigenvalue weighted by Crippen LogP contribution is 2.35. The highest BCUT2D eigenvalue weighted by Gasteiger charge is 2.31. The molecule has 1 fully saturated rings. The Morgan fingerprint density at radius 2 is 2.00 bits per heavy atom. The summed E-state index contributed by atoms with van der Waals surface area (Å²) in [5.41, 5.74) is 7.82. The van der Waals surface area contributed by atoms with Gasteiger partial charge in [-0.1, -0.05) is 72.4 Å². The number of aliphatic hydroxyl groups is 2. The molecule has 1 saturated carbocycles. The van der Waals surface area contributed by atoms with E-state index >= 15 is 0 Å². The molecule has 202 valence electrons. The molecule has 0 aliphatic heterocycles. The van der Waals surface area contributed by atoms with Crippen molar-refractivity contribution in [2.24, 2.45) is 28.9 Å². The number of nitrogens with zero attached hydrogens (tertiary/aromatic N) is 2. The maximum Gasteiger partial charge on any atom is 0.225 e. The van der Waals surface area contributed by atoms with Crippen molar-refractivity contribution in [1.29, 1.82) is 0 Å². The molecule has 7 nitrogen and oxygen atoms in total. The molecule has 1 aliphatic rings. The van der Waals surface area contributed by atoms with E-state index in [-0.39, 0.29) is 24.3 Å². The van der Waals surface area contributed by atoms with E-state index in [2.05, 4.69) is 41.9 Å². The fourth-order valence-corrected chi connectivity index (χ4v) is 4.97. The Labute approximate surface area is 216 Å². The summed E-state index contributed by atoms with van der Waals surface area (Å²) in [7, 11) is 0. The first kappa shape index (κ1) is 28.6. The first-order chi connectivity index (χ1) is 17.0. The van der Waals surface area contributed by atoms with Crippen LogP contribution in [0.15, 0.2) is 24.4 Å². The molecule has 7 heteroatoms. The molecule has 0 spiro atoms. The number of carbonyl (C=O) groups is 1. The van der Waals surface area contributed by atoms with E-state index < -0.39 is 23.7 Å². The number of nitrogens with one attached hydrogen (secondary N) is 1. The van der Waals surface area contributed by atoms with Crippen molar-refractivity contribution in [1.82, 2.24) is 15.1 Å². The van der Waals surface area contributed by atoms with Gasteiger partial charge in [-0.25, -0.2) is 0 Å². The number of nitrogens with two attached hydrogens (primary N) is 1. The van der Waals surface area contributed by atoms with Crippen molar-refractivity contribution in [2.45, 2.75) is 104 Å². The smallest absolute Gasteiger partial charge is 0.225 e. The molecule has 1 aromatic carbocycles. The maximum atomic E-state index is 12.6. The second-order valence-corrected chi connectivity index (χ2v) is 11.9. The number of aryl methyl sites for hydroxylation is 1. The molecule has 1 aromatic heterocycles. The second kappa shape index (κ2) is 12.5. The Bertz CT molecular complexity index is 982. The van der Waals surface area contributed by atoms with Crippen LogP contribution in [0, 0.1) is 23.2 Å². The number of amides is 1. The minimum atomic E-state index is -0.879. The highest BCUT2D eigenvalue weighted by atomic mass is 16.3. The molecule has 2 aromatic rings. The average molecular weight is 501 g/mol. The lowest BCUT2D eigenvalue weighted by Crippen LogP contribution is -2.47. The fraction of sp³-hybridized carbons (Fsp3) is 0.724. The number of aromatic nitrogens is 2. The number of rotatable bonds is 15. The van der Waals surface area contributed by atoms with Gasteiger partial charge in [0.1, 0.15) is 0 Å². The number of unbranched alkanes of at least 4 members (excludes halogenated alkanes) is 1. The molecule has 0 saturated heterocycles. The molecule has 1 amide bonds. The third-order valence-corrected chi connectivity index (χ3v) is 8.00. The summed E-state index contributed by atoms with van der Waals surface area (Å²) in [6, 6.07) is 5.49. The zero-order valence-electron chi connectivity index (χ0n) is 22.9. The summed E-state index contributed by atoms with van der Waals surface area (Å²) in [5, 5.41) is 30.6. The van der Waals surface area contributed by atoms with Crippen molar-refractivity contribution >= 4 is 16.8 Å². The summed E-state index contributed by atoms with van der Waals surface area (Å²) < 4.78 is 2.05. The molecule has 0 radical (unpaired) electrons. The van der Waals surface area contributed by atoms with Crippen LogP contribution in [0.3, 0.4) is 0 Å². The average Bonchev–Trinajstić information content (AvgIpc) is 3.60. The van der Waals surface area contributed by atoms with Gasteiger partial charge in [-0.05, 0) is 48.6 Å². The number of hydrogen-bond donors (Lipinski definition) is 4. The van der Waals surface area contributed by atoms with E-state index in [1.54, 1.807) is 0 Å². The van der Waals surface area contributed by atoms with Gasteiger partial charge in [0.05, 0.1) is 23.9 Å². The van der Waals surface area contributed by atoms with Crippen LogP contribution in [0.1, 0.15) is 91.2 Å². The lowest BCUT2D eigenvalue weighted by atomic mass is 9.81. The Morgan fingerprint density at radius 3 is 2.64 bits per heavy atom. The van der Waals surface area contributed by atoms with Crippen LogP contribution in [-0.2, 0) is 11.3 Å². The van der Waals surface area contributed by atoms with Crippen molar-refractivity contribution < 1.29 is 15.0 Å². The summed E-state index contributed by atoms with van der Waals surface area (Å²) in [4.78, 5) is 12.6. The van der Waals surface area contributed by atoms with E-state index in [0.717, 1.165) is 54.6 Å². The SMILES string of the molecule is CCCCC(C)(C)C(=O)NC[C@H](O)[C@@H](N)C[C@@H](C(C)C)[C@H](O)c1ccc2cnn(CCC3CC3)c2c1. The minimum Gasteiger partial charge on any atom is -0.390 e. The molecular weight excluding hydrogens is 452 g/mol. The van der Waals surface area contributed by atoms with Crippen LogP contribution >= 0.6 is 0 Å². The third-order valence-electron chi connectivity index (χ3n) is 8.00. The van der Waals surface area contributed by atoms with Gasteiger partial charge in [0.25, 0.3) is 0 Å². The molecule has 5 N–H and O–H groups in total. The summed E-state index contributed by atoms with van der Waals surface area (Å²) in [5.74, 6) is 0.806. The van der Waals surface area contributed by atoms with E-state index in [9.17, 15) is 15.0 Å². The highest BCUT2D eigenvalue weighted by molar-refractivity contribution is 5.81. The topological polar surface area (TPSA) is 113 Å². The molecule has 4 atom stereocenters. The molecule has 1 aliphatic carbocycles. The predicted molar refractivity (Wildman–Crippen MR) is 145 cm³/mol. The van der Waals surface area contributed by atoms with Gasteiger partial charge in [-0.15, -0.1) is 0 Å². The maximum absolute atomic E-state index is 12.6. The van der Waals surface area contributed by atoms with E-state index in [0.29, 0.717) is 6.42 Å². The van der Waals surface area contributed by atoms with E-state index in [1.807, 2.05) is 32.2 Å². The van der Waals surface area contributed by atoms with E-state index in [4.69, 9.17) is 5.73 Å². The number of benzene rings is 1. The minimum absolute atomic E-state index is 0.0609. The molecule has 0 unspecified atom stereocenters. The zero-order valence-corrected chi connectivity index (χ0v) is 22.9. The van der Waals surface area contributed by atoms with Crippen molar-refractivity contribution in [3.63, 3.8) is 0 Å². The fourth-order valence-electron chi connectivity index (χ4n) is 4.97. The van der Waals surface area contributed by atoms with Gasteiger partial charge in [-0.2, -0.15) is 5.10 Å². The Kier molecular flexibility index (Phi) is 9.95. The molecule has 1 heterocycles. The van der Waals surface area contributed by atoms with Gasteiger partial charge < -0.3 is 21.3 Å².